The number of hydrogen-bond acceptors (Lipinski definition) is 3. The highest BCUT2D eigenvalue weighted by Gasteiger charge is 2.13. The van der Waals surface area contributed by atoms with Crippen LogP contribution in [0, 0.1) is 0 Å². The van der Waals surface area contributed by atoms with Gasteiger partial charge < -0.3 is 15.4 Å². The lowest BCUT2D eigenvalue weighted by Crippen LogP contribution is -2.32. The molecule has 0 aromatic heterocycles. The highest BCUT2D eigenvalue weighted by Crippen LogP contribution is 2.15. The van der Waals surface area contributed by atoms with E-state index in [2.05, 4.69) is 0 Å². The zero-order valence-electron chi connectivity index (χ0n) is 14.7. The van der Waals surface area contributed by atoms with E-state index in [0.29, 0.717) is 32.5 Å². The lowest BCUT2D eigenvalue weighted by atomic mass is 10.1. The van der Waals surface area contributed by atoms with Crippen LogP contribution in [-0.4, -0.2) is 31.0 Å². The Balaban J connectivity index is 0.00000312. The van der Waals surface area contributed by atoms with Crippen LogP contribution >= 0.6 is 12.4 Å². The molecule has 0 bridgehead atoms. The van der Waals surface area contributed by atoms with Crippen LogP contribution in [0.25, 0.3) is 0 Å². The molecule has 0 fully saturated rings. The van der Waals surface area contributed by atoms with Crippen molar-refractivity contribution in [2.75, 3.05) is 20.2 Å². The van der Waals surface area contributed by atoms with E-state index in [9.17, 15) is 4.79 Å². The molecule has 2 aromatic carbocycles. The molecular formula is C20H27ClN2O2. The molecule has 0 atom stereocenters. The molecule has 2 N–H and O–H groups in total. The molecule has 0 aliphatic heterocycles. The van der Waals surface area contributed by atoms with E-state index >= 15 is 0 Å². The van der Waals surface area contributed by atoms with Crippen molar-refractivity contribution in [3.63, 3.8) is 0 Å². The minimum atomic E-state index is 0. The minimum absolute atomic E-state index is 0. The average Bonchev–Trinajstić information content (AvgIpc) is 2.64. The summed E-state index contributed by atoms with van der Waals surface area (Å²) in [5, 5.41) is 0. The van der Waals surface area contributed by atoms with Gasteiger partial charge in [0.2, 0.25) is 5.91 Å². The van der Waals surface area contributed by atoms with Gasteiger partial charge in [0, 0.05) is 19.5 Å². The number of amides is 1. The number of rotatable bonds is 9. The number of carbonyl (C=O) groups excluding carboxylic acids is 1. The lowest BCUT2D eigenvalue weighted by Gasteiger charge is -2.23. The maximum Gasteiger partial charge on any atom is 0.223 e. The minimum Gasteiger partial charge on any atom is -0.497 e. The molecule has 5 heteroatoms. The third kappa shape index (κ3) is 7.16. The molecule has 0 aliphatic carbocycles. The molecule has 2 aromatic rings. The maximum atomic E-state index is 12.6. The fourth-order valence-electron chi connectivity index (χ4n) is 2.62. The van der Waals surface area contributed by atoms with E-state index < -0.39 is 0 Å². The first-order valence-electron chi connectivity index (χ1n) is 8.37. The summed E-state index contributed by atoms with van der Waals surface area (Å²) in [6.07, 6.45) is 2.02. The number of methoxy groups -OCH3 is 1. The zero-order valence-corrected chi connectivity index (χ0v) is 15.5. The summed E-state index contributed by atoms with van der Waals surface area (Å²) in [5.41, 5.74) is 7.87. The smallest absolute Gasteiger partial charge is 0.223 e. The molecule has 0 spiro atoms. The van der Waals surface area contributed by atoms with Crippen LogP contribution in [0.15, 0.2) is 54.6 Å². The second-order valence-electron chi connectivity index (χ2n) is 5.79. The Morgan fingerprint density at radius 1 is 1.08 bits per heavy atom. The highest BCUT2D eigenvalue weighted by atomic mass is 35.5. The molecule has 0 aliphatic rings. The van der Waals surface area contributed by atoms with Crippen LogP contribution in [0.1, 0.15) is 24.0 Å². The summed E-state index contributed by atoms with van der Waals surface area (Å²) >= 11 is 0. The average molecular weight is 363 g/mol. The van der Waals surface area contributed by atoms with Gasteiger partial charge in [-0.05, 0) is 42.6 Å². The number of nitrogens with two attached hydrogens (primary N) is 1. The number of hydrogen-bond donors (Lipinski definition) is 1. The molecule has 2 rings (SSSR count). The van der Waals surface area contributed by atoms with Crippen molar-refractivity contribution in [2.45, 2.75) is 25.8 Å². The van der Waals surface area contributed by atoms with E-state index in [1.54, 1.807) is 7.11 Å². The van der Waals surface area contributed by atoms with Gasteiger partial charge in [0.25, 0.3) is 0 Å². The number of nitrogens with zero attached hydrogens (tertiary/aromatic N) is 1. The first-order chi connectivity index (χ1) is 11.7. The van der Waals surface area contributed by atoms with Crippen LogP contribution in [-0.2, 0) is 17.8 Å². The SMILES string of the molecule is COc1cccc(CCC(=O)N(CCCN)Cc2ccccc2)c1.Cl. The summed E-state index contributed by atoms with van der Waals surface area (Å²) in [7, 11) is 1.65. The standard InChI is InChI=1S/C20H26N2O2.ClH/c1-24-19-10-5-9-17(15-19)11-12-20(23)22(14-6-13-21)16-18-7-3-2-4-8-18;/h2-5,7-10,15H,6,11-14,16,21H2,1H3;1H. The van der Waals surface area contributed by atoms with Gasteiger partial charge in [0.05, 0.1) is 7.11 Å². The van der Waals surface area contributed by atoms with Crippen LogP contribution in [0.4, 0.5) is 0 Å². The van der Waals surface area contributed by atoms with E-state index in [1.165, 1.54) is 0 Å². The fraction of sp³-hybridized carbons (Fsp3) is 0.350. The van der Waals surface area contributed by atoms with Crippen molar-refractivity contribution < 1.29 is 9.53 Å². The van der Waals surface area contributed by atoms with Gasteiger partial charge >= 0.3 is 0 Å². The Kier molecular flexibility index (Phi) is 9.66. The quantitative estimate of drug-likeness (QED) is 0.743. The predicted molar refractivity (Wildman–Crippen MR) is 104 cm³/mol. The number of benzene rings is 2. The van der Waals surface area contributed by atoms with Gasteiger partial charge in [-0.3, -0.25) is 4.79 Å². The van der Waals surface area contributed by atoms with Gasteiger partial charge in [-0.2, -0.15) is 0 Å². The van der Waals surface area contributed by atoms with Crippen LogP contribution < -0.4 is 10.5 Å². The normalized spacial score (nSPS) is 10.0. The summed E-state index contributed by atoms with van der Waals surface area (Å²) < 4.78 is 5.23. The van der Waals surface area contributed by atoms with Crippen molar-refractivity contribution in [2.24, 2.45) is 5.73 Å². The Bertz CT molecular complexity index is 635. The van der Waals surface area contributed by atoms with Crippen molar-refractivity contribution in [1.29, 1.82) is 0 Å². The van der Waals surface area contributed by atoms with Crippen molar-refractivity contribution in [3.05, 3.63) is 65.7 Å². The maximum absolute atomic E-state index is 12.6. The molecule has 1 amide bonds. The van der Waals surface area contributed by atoms with Gasteiger partial charge in [-0.25, -0.2) is 0 Å². The summed E-state index contributed by atoms with van der Waals surface area (Å²) in [4.78, 5) is 14.5. The molecular weight excluding hydrogens is 336 g/mol. The number of ether oxygens (including phenoxy) is 1. The molecule has 0 saturated carbocycles. The Morgan fingerprint density at radius 3 is 2.48 bits per heavy atom. The van der Waals surface area contributed by atoms with Crippen LogP contribution in [0.5, 0.6) is 5.75 Å². The molecule has 0 unspecified atom stereocenters. The largest absolute Gasteiger partial charge is 0.497 e. The first-order valence-corrected chi connectivity index (χ1v) is 8.37. The zero-order chi connectivity index (χ0) is 17.2. The number of carbonyl (C=O) groups is 1. The van der Waals surface area contributed by atoms with E-state index in [1.807, 2.05) is 59.5 Å². The third-order valence-electron chi connectivity index (χ3n) is 3.96. The first kappa shape index (κ1) is 21.0. The second kappa shape index (κ2) is 11.5. The number of aryl methyl sites for hydroxylation is 1. The van der Waals surface area contributed by atoms with Gasteiger partial charge in [0.1, 0.15) is 5.75 Å². The molecule has 0 heterocycles. The molecule has 0 radical (unpaired) electrons. The number of halogens is 1. The molecule has 136 valence electrons. The van der Waals surface area contributed by atoms with E-state index in [4.69, 9.17) is 10.5 Å². The monoisotopic (exact) mass is 362 g/mol. The highest BCUT2D eigenvalue weighted by molar-refractivity contribution is 5.85. The Morgan fingerprint density at radius 2 is 1.80 bits per heavy atom. The van der Waals surface area contributed by atoms with Crippen LogP contribution in [0.3, 0.4) is 0 Å². The molecule has 0 saturated heterocycles. The molecule has 25 heavy (non-hydrogen) atoms. The summed E-state index contributed by atoms with van der Waals surface area (Å²) in [5.74, 6) is 0.986. The van der Waals surface area contributed by atoms with Crippen molar-refractivity contribution in [3.8, 4) is 5.75 Å². The Hall–Kier alpha value is -2.04. The van der Waals surface area contributed by atoms with Gasteiger partial charge in [-0.1, -0.05) is 42.5 Å². The summed E-state index contributed by atoms with van der Waals surface area (Å²) in [6, 6.07) is 17.9. The van der Waals surface area contributed by atoms with Gasteiger partial charge in [0.15, 0.2) is 0 Å². The third-order valence-corrected chi connectivity index (χ3v) is 3.96. The topological polar surface area (TPSA) is 55.6 Å². The van der Waals surface area contributed by atoms with Crippen molar-refractivity contribution >= 4 is 18.3 Å². The second-order valence-corrected chi connectivity index (χ2v) is 5.79. The van der Waals surface area contributed by atoms with Crippen LogP contribution in [0.2, 0.25) is 0 Å². The van der Waals surface area contributed by atoms with Crippen molar-refractivity contribution in [1.82, 2.24) is 4.90 Å². The fourth-order valence-corrected chi connectivity index (χ4v) is 2.62. The molecule has 4 nitrogen and oxygen atoms in total. The van der Waals surface area contributed by atoms with E-state index in [0.717, 1.165) is 23.3 Å². The Labute approximate surface area is 156 Å². The predicted octanol–water partition coefficient (Wildman–Crippen LogP) is 3.43. The van der Waals surface area contributed by atoms with Gasteiger partial charge in [-0.15, -0.1) is 12.4 Å². The van der Waals surface area contributed by atoms with E-state index in [-0.39, 0.29) is 18.3 Å². The summed E-state index contributed by atoms with van der Waals surface area (Å²) in [6.45, 7) is 1.93. The lowest BCUT2D eigenvalue weighted by molar-refractivity contribution is -0.131.